The zero-order chi connectivity index (χ0) is 10.6. The van der Waals surface area contributed by atoms with Gasteiger partial charge in [0.05, 0.1) is 18.0 Å². The van der Waals surface area contributed by atoms with Gasteiger partial charge in [-0.05, 0) is 6.92 Å². The molecule has 1 heterocycles. The molecule has 14 heavy (non-hydrogen) atoms. The van der Waals surface area contributed by atoms with Crippen molar-refractivity contribution in [3.05, 3.63) is 12.4 Å². The van der Waals surface area contributed by atoms with Gasteiger partial charge in [-0.25, -0.2) is 0 Å². The van der Waals surface area contributed by atoms with Crippen molar-refractivity contribution in [1.82, 2.24) is 15.1 Å². The lowest BCUT2D eigenvalue weighted by Gasteiger charge is -2.06. The van der Waals surface area contributed by atoms with Gasteiger partial charge in [0.1, 0.15) is 6.54 Å². The summed E-state index contributed by atoms with van der Waals surface area (Å²) in [5.41, 5.74) is 5.94. The summed E-state index contributed by atoms with van der Waals surface area (Å²) >= 11 is 0. The van der Waals surface area contributed by atoms with E-state index in [0.29, 0.717) is 5.69 Å². The Hall–Kier alpha value is -1.56. The van der Waals surface area contributed by atoms with Crippen LogP contribution in [-0.2, 0) is 11.3 Å². The lowest BCUT2D eigenvalue weighted by Crippen LogP contribution is -2.33. The molecule has 1 amide bonds. The molecule has 4 N–H and O–H groups in total. The monoisotopic (exact) mass is 198 g/mol. The Bertz CT molecular complexity index is 308. The number of nitrogen functional groups attached to an aromatic ring is 1. The molecule has 0 saturated heterocycles. The first-order valence-corrected chi connectivity index (χ1v) is 4.30. The zero-order valence-corrected chi connectivity index (χ0v) is 7.97. The van der Waals surface area contributed by atoms with Crippen molar-refractivity contribution in [1.29, 1.82) is 0 Å². The summed E-state index contributed by atoms with van der Waals surface area (Å²) in [6.45, 7) is 1.96. The highest BCUT2D eigenvalue weighted by atomic mass is 16.3. The summed E-state index contributed by atoms with van der Waals surface area (Å²) in [6.07, 6.45) is 2.51. The van der Waals surface area contributed by atoms with E-state index in [1.807, 2.05) is 0 Å². The fourth-order valence-electron chi connectivity index (χ4n) is 0.931. The number of carbonyl (C=O) groups is 1. The van der Waals surface area contributed by atoms with Gasteiger partial charge < -0.3 is 16.2 Å². The minimum Gasteiger partial charge on any atom is -0.396 e. The molecule has 0 spiro atoms. The average Bonchev–Trinajstić information content (AvgIpc) is 2.48. The number of rotatable bonds is 4. The van der Waals surface area contributed by atoms with E-state index in [9.17, 15) is 4.79 Å². The molecular formula is C8H14N4O2. The SMILES string of the molecule is C[C@H](O)CNC(=O)Cn1cc(N)cn1. The van der Waals surface area contributed by atoms with Gasteiger partial charge in [0.15, 0.2) is 0 Å². The maximum absolute atomic E-state index is 11.2. The summed E-state index contributed by atoms with van der Waals surface area (Å²) in [6, 6.07) is 0. The number of anilines is 1. The molecule has 0 aromatic carbocycles. The molecule has 1 aromatic rings. The van der Waals surface area contributed by atoms with Crippen LogP contribution in [0.2, 0.25) is 0 Å². The number of hydrogen-bond donors (Lipinski definition) is 3. The Kier molecular flexibility index (Phi) is 3.47. The van der Waals surface area contributed by atoms with E-state index >= 15 is 0 Å². The van der Waals surface area contributed by atoms with Gasteiger partial charge >= 0.3 is 0 Å². The third-order valence-electron chi connectivity index (χ3n) is 1.55. The summed E-state index contributed by atoms with van der Waals surface area (Å²) < 4.78 is 1.44. The number of aliphatic hydroxyl groups is 1. The van der Waals surface area contributed by atoms with Crippen LogP contribution >= 0.6 is 0 Å². The summed E-state index contributed by atoms with van der Waals surface area (Å²) in [5.74, 6) is -0.200. The number of aliphatic hydroxyl groups excluding tert-OH is 1. The minimum absolute atomic E-state index is 0.115. The highest BCUT2D eigenvalue weighted by Gasteiger charge is 2.04. The molecule has 1 aromatic heterocycles. The van der Waals surface area contributed by atoms with Crippen LogP contribution in [0, 0.1) is 0 Å². The molecule has 0 saturated carbocycles. The fraction of sp³-hybridized carbons (Fsp3) is 0.500. The van der Waals surface area contributed by atoms with Crippen molar-refractivity contribution in [2.45, 2.75) is 19.6 Å². The molecule has 78 valence electrons. The van der Waals surface area contributed by atoms with Crippen LogP contribution in [0.5, 0.6) is 0 Å². The summed E-state index contributed by atoms with van der Waals surface area (Å²) in [7, 11) is 0. The van der Waals surface area contributed by atoms with Crippen molar-refractivity contribution < 1.29 is 9.90 Å². The van der Waals surface area contributed by atoms with Gasteiger partial charge in [0, 0.05) is 12.7 Å². The lowest BCUT2D eigenvalue weighted by molar-refractivity contribution is -0.122. The molecule has 0 fully saturated rings. The van der Waals surface area contributed by atoms with Crippen LogP contribution in [0.25, 0.3) is 0 Å². The third kappa shape index (κ3) is 3.44. The van der Waals surface area contributed by atoms with Crippen LogP contribution in [0.1, 0.15) is 6.92 Å². The highest BCUT2D eigenvalue weighted by Crippen LogP contribution is 1.96. The first-order chi connectivity index (χ1) is 6.58. The van der Waals surface area contributed by atoms with E-state index in [2.05, 4.69) is 10.4 Å². The second-order valence-electron chi connectivity index (χ2n) is 3.12. The van der Waals surface area contributed by atoms with Crippen LogP contribution in [0.15, 0.2) is 12.4 Å². The molecule has 6 heteroatoms. The standard InChI is InChI=1S/C8H14N4O2/c1-6(13)2-10-8(14)5-12-4-7(9)3-11-12/h3-4,6,13H,2,5,9H2,1H3,(H,10,14)/t6-/m0/s1. The Morgan fingerprint density at radius 2 is 2.57 bits per heavy atom. The molecule has 0 bridgehead atoms. The van der Waals surface area contributed by atoms with Crippen LogP contribution in [-0.4, -0.2) is 33.4 Å². The fourth-order valence-corrected chi connectivity index (χ4v) is 0.931. The molecule has 0 aliphatic heterocycles. The van der Waals surface area contributed by atoms with E-state index < -0.39 is 6.10 Å². The second kappa shape index (κ2) is 4.61. The van der Waals surface area contributed by atoms with Gasteiger partial charge in [0.2, 0.25) is 5.91 Å². The first-order valence-electron chi connectivity index (χ1n) is 4.30. The molecule has 6 nitrogen and oxygen atoms in total. The average molecular weight is 198 g/mol. The van der Waals surface area contributed by atoms with Crippen LogP contribution in [0.4, 0.5) is 5.69 Å². The third-order valence-corrected chi connectivity index (χ3v) is 1.55. The Balaban J connectivity index is 2.34. The maximum atomic E-state index is 11.2. The maximum Gasteiger partial charge on any atom is 0.241 e. The summed E-state index contributed by atoms with van der Waals surface area (Å²) in [4.78, 5) is 11.2. The van der Waals surface area contributed by atoms with E-state index in [1.165, 1.54) is 10.9 Å². The first kappa shape index (κ1) is 10.5. The molecular weight excluding hydrogens is 184 g/mol. The van der Waals surface area contributed by atoms with Gasteiger partial charge in [-0.3, -0.25) is 9.48 Å². The largest absolute Gasteiger partial charge is 0.396 e. The Labute approximate surface area is 81.7 Å². The van der Waals surface area contributed by atoms with E-state index in [-0.39, 0.29) is 19.0 Å². The molecule has 0 unspecified atom stereocenters. The summed E-state index contributed by atoms with van der Waals surface area (Å²) in [5, 5.41) is 15.3. The van der Waals surface area contributed by atoms with Crippen molar-refractivity contribution >= 4 is 11.6 Å². The number of nitrogens with zero attached hydrogens (tertiary/aromatic N) is 2. The van der Waals surface area contributed by atoms with Gasteiger partial charge in [-0.2, -0.15) is 5.10 Å². The predicted molar refractivity (Wildman–Crippen MR) is 51.3 cm³/mol. The number of aromatic nitrogens is 2. The number of amides is 1. The number of nitrogens with one attached hydrogen (secondary N) is 1. The predicted octanol–water partition coefficient (Wildman–Crippen LogP) is -1.04. The number of hydrogen-bond acceptors (Lipinski definition) is 4. The van der Waals surface area contributed by atoms with Gasteiger partial charge in [0.25, 0.3) is 0 Å². The van der Waals surface area contributed by atoms with E-state index in [1.54, 1.807) is 13.1 Å². The topological polar surface area (TPSA) is 93.2 Å². The smallest absolute Gasteiger partial charge is 0.241 e. The van der Waals surface area contributed by atoms with E-state index in [0.717, 1.165) is 0 Å². The van der Waals surface area contributed by atoms with Crippen molar-refractivity contribution in [2.75, 3.05) is 12.3 Å². The number of carbonyl (C=O) groups excluding carboxylic acids is 1. The molecule has 0 aliphatic carbocycles. The molecule has 1 rings (SSSR count). The molecule has 1 atom stereocenters. The Morgan fingerprint density at radius 1 is 1.86 bits per heavy atom. The minimum atomic E-state index is -0.540. The second-order valence-corrected chi connectivity index (χ2v) is 3.12. The normalized spacial score (nSPS) is 12.4. The zero-order valence-electron chi connectivity index (χ0n) is 7.97. The van der Waals surface area contributed by atoms with Gasteiger partial charge in [-0.15, -0.1) is 0 Å². The lowest BCUT2D eigenvalue weighted by atomic mass is 10.4. The highest BCUT2D eigenvalue weighted by molar-refractivity contribution is 5.75. The molecule has 0 aliphatic rings. The molecule has 0 radical (unpaired) electrons. The van der Waals surface area contributed by atoms with Crippen LogP contribution < -0.4 is 11.1 Å². The van der Waals surface area contributed by atoms with Crippen molar-refractivity contribution in [3.8, 4) is 0 Å². The van der Waals surface area contributed by atoms with Crippen LogP contribution in [0.3, 0.4) is 0 Å². The quantitative estimate of drug-likeness (QED) is 0.576. The van der Waals surface area contributed by atoms with Crippen molar-refractivity contribution in [3.63, 3.8) is 0 Å². The Morgan fingerprint density at radius 3 is 3.07 bits per heavy atom. The van der Waals surface area contributed by atoms with Gasteiger partial charge in [-0.1, -0.05) is 0 Å². The van der Waals surface area contributed by atoms with E-state index in [4.69, 9.17) is 10.8 Å². The van der Waals surface area contributed by atoms with Crippen molar-refractivity contribution in [2.24, 2.45) is 0 Å². The number of nitrogens with two attached hydrogens (primary N) is 1.